The van der Waals surface area contributed by atoms with Crippen LogP contribution in [0.15, 0.2) is 17.9 Å². The predicted molar refractivity (Wildman–Crippen MR) is 69.3 cm³/mol. The Bertz CT molecular complexity index is 298. The maximum Gasteiger partial charge on any atom is 0.155 e. The van der Waals surface area contributed by atoms with Gasteiger partial charge in [0.25, 0.3) is 0 Å². The van der Waals surface area contributed by atoms with Gasteiger partial charge in [0.15, 0.2) is 5.82 Å². The van der Waals surface area contributed by atoms with Crippen molar-refractivity contribution in [3.05, 3.63) is 24.3 Å². The van der Waals surface area contributed by atoms with Crippen LogP contribution in [0, 0.1) is 6.92 Å². The highest BCUT2D eigenvalue weighted by Gasteiger charge is 2.04. The fourth-order valence-electron chi connectivity index (χ4n) is 0.900. The minimum Gasteiger partial charge on any atom is -0.235 e. The summed E-state index contributed by atoms with van der Waals surface area (Å²) in [6.07, 6.45) is 1.75. The van der Waals surface area contributed by atoms with Crippen molar-refractivity contribution in [1.29, 1.82) is 0 Å². The number of hydrogen-bond donors (Lipinski definition) is 0. The molecule has 0 aromatic carbocycles. The van der Waals surface area contributed by atoms with Gasteiger partial charge in [-0.05, 0) is 19.4 Å². The maximum atomic E-state index is 4.12. The van der Waals surface area contributed by atoms with Gasteiger partial charge in [-0.3, -0.25) is 0 Å². The Hall–Kier alpha value is -1.38. The molecular formula is C12H23N3. The van der Waals surface area contributed by atoms with E-state index in [4.69, 9.17) is 0 Å². The molecular weight excluding hydrogens is 186 g/mol. The Kier molecular flexibility index (Phi) is 9.84. The zero-order valence-electron chi connectivity index (χ0n) is 10.8. The third-order valence-electron chi connectivity index (χ3n) is 1.43. The summed E-state index contributed by atoms with van der Waals surface area (Å²) >= 11 is 0. The quantitative estimate of drug-likeness (QED) is 0.682. The van der Waals surface area contributed by atoms with Crippen LogP contribution in [-0.2, 0) is 0 Å². The average molecular weight is 209 g/mol. The van der Waals surface area contributed by atoms with Crippen LogP contribution >= 0.6 is 0 Å². The molecule has 0 aliphatic carbocycles. The van der Waals surface area contributed by atoms with Gasteiger partial charge in [-0.25, -0.2) is 9.66 Å². The standard InChI is InChI=1S/C8H11N3.2C2H6/c1-6(2)8-10-5-7(3)11(8)9-4;2*1-2/h5H,1,4H2,2-3H3;2*1-2H3. The molecule has 0 atom stereocenters. The summed E-state index contributed by atoms with van der Waals surface area (Å²) in [5.41, 5.74) is 1.86. The monoisotopic (exact) mass is 209 g/mol. The van der Waals surface area contributed by atoms with Crippen LogP contribution in [-0.4, -0.2) is 16.4 Å². The summed E-state index contributed by atoms with van der Waals surface area (Å²) in [4.78, 5) is 4.12. The van der Waals surface area contributed by atoms with Crippen molar-refractivity contribution in [3.8, 4) is 0 Å². The second-order valence-electron chi connectivity index (χ2n) is 2.46. The van der Waals surface area contributed by atoms with E-state index in [1.807, 2.05) is 41.5 Å². The highest BCUT2D eigenvalue weighted by molar-refractivity contribution is 5.55. The fourth-order valence-corrected chi connectivity index (χ4v) is 0.900. The second-order valence-corrected chi connectivity index (χ2v) is 2.46. The van der Waals surface area contributed by atoms with E-state index in [0.29, 0.717) is 0 Å². The lowest BCUT2D eigenvalue weighted by Gasteiger charge is -2.00. The molecule has 0 aliphatic heterocycles. The first kappa shape index (κ1) is 16.1. The SMILES string of the molecule is C=Nn1c(C)cnc1C(=C)C.CC.CC. The van der Waals surface area contributed by atoms with E-state index in [2.05, 4.69) is 23.4 Å². The maximum absolute atomic E-state index is 4.12. The smallest absolute Gasteiger partial charge is 0.155 e. The number of hydrogen-bond acceptors (Lipinski definition) is 2. The fraction of sp³-hybridized carbons (Fsp3) is 0.500. The van der Waals surface area contributed by atoms with Crippen LogP contribution in [0.25, 0.3) is 5.57 Å². The largest absolute Gasteiger partial charge is 0.235 e. The Morgan fingerprint density at radius 2 is 1.80 bits per heavy atom. The number of allylic oxidation sites excluding steroid dienone is 1. The normalized spacial score (nSPS) is 7.87. The van der Waals surface area contributed by atoms with E-state index >= 15 is 0 Å². The van der Waals surface area contributed by atoms with E-state index in [1.165, 1.54) is 0 Å². The first-order valence-electron chi connectivity index (χ1n) is 5.34. The lowest BCUT2D eigenvalue weighted by molar-refractivity contribution is 0.831. The van der Waals surface area contributed by atoms with Crippen molar-refractivity contribution in [2.45, 2.75) is 41.5 Å². The van der Waals surface area contributed by atoms with E-state index in [9.17, 15) is 0 Å². The molecule has 1 aromatic rings. The molecule has 0 unspecified atom stereocenters. The highest BCUT2D eigenvalue weighted by Crippen LogP contribution is 2.11. The summed E-state index contributed by atoms with van der Waals surface area (Å²) < 4.78 is 1.67. The molecule has 1 aromatic heterocycles. The van der Waals surface area contributed by atoms with E-state index in [-0.39, 0.29) is 0 Å². The van der Waals surface area contributed by atoms with Crippen LogP contribution in [0.5, 0.6) is 0 Å². The molecule has 0 amide bonds. The van der Waals surface area contributed by atoms with Gasteiger partial charge in [-0.1, -0.05) is 34.3 Å². The summed E-state index contributed by atoms with van der Waals surface area (Å²) in [6.45, 7) is 19.0. The van der Waals surface area contributed by atoms with Gasteiger partial charge < -0.3 is 0 Å². The Balaban J connectivity index is 0. The highest BCUT2D eigenvalue weighted by atomic mass is 15.4. The van der Waals surface area contributed by atoms with Gasteiger partial charge in [0.1, 0.15) is 0 Å². The van der Waals surface area contributed by atoms with Gasteiger partial charge in [0, 0.05) is 6.72 Å². The van der Waals surface area contributed by atoms with Gasteiger partial charge >= 0.3 is 0 Å². The van der Waals surface area contributed by atoms with Crippen molar-refractivity contribution < 1.29 is 0 Å². The topological polar surface area (TPSA) is 30.2 Å². The summed E-state index contributed by atoms with van der Waals surface area (Å²) in [5.74, 6) is 0.775. The minimum atomic E-state index is 0.775. The molecule has 0 aliphatic rings. The molecule has 0 saturated carbocycles. The second kappa shape index (κ2) is 9.19. The van der Waals surface area contributed by atoms with Crippen molar-refractivity contribution in [3.63, 3.8) is 0 Å². The van der Waals surface area contributed by atoms with E-state index in [0.717, 1.165) is 17.1 Å². The Morgan fingerprint density at radius 3 is 2.07 bits per heavy atom. The van der Waals surface area contributed by atoms with Crippen molar-refractivity contribution in [1.82, 2.24) is 9.66 Å². The number of imidazole rings is 1. The molecule has 0 spiro atoms. The molecule has 15 heavy (non-hydrogen) atoms. The van der Waals surface area contributed by atoms with E-state index in [1.54, 1.807) is 10.9 Å². The third-order valence-corrected chi connectivity index (χ3v) is 1.43. The van der Waals surface area contributed by atoms with Crippen molar-refractivity contribution in [2.24, 2.45) is 5.10 Å². The van der Waals surface area contributed by atoms with Gasteiger partial charge in [-0.2, -0.15) is 5.10 Å². The number of rotatable bonds is 2. The molecule has 0 bridgehead atoms. The van der Waals surface area contributed by atoms with Crippen LogP contribution in [0.3, 0.4) is 0 Å². The molecule has 86 valence electrons. The van der Waals surface area contributed by atoms with Gasteiger partial charge in [-0.15, -0.1) is 0 Å². The molecule has 3 nitrogen and oxygen atoms in total. The van der Waals surface area contributed by atoms with Crippen molar-refractivity contribution in [2.75, 3.05) is 0 Å². The third kappa shape index (κ3) is 4.58. The Labute approximate surface area is 93.5 Å². The summed E-state index contributed by atoms with van der Waals surface area (Å²) in [5, 5.41) is 3.79. The average Bonchev–Trinajstić information content (AvgIpc) is 2.65. The lowest BCUT2D eigenvalue weighted by atomic mass is 10.3. The molecule has 1 rings (SSSR count). The summed E-state index contributed by atoms with van der Waals surface area (Å²) in [6, 6.07) is 0. The number of aryl methyl sites for hydroxylation is 1. The number of aromatic nitrogens is 2. The first-order chi connectivity index (χ1) is 7.16. The molecule has 3 heteroatoms. The zero-order chi connectivity index (χ0) is 12.4. The molecule has 0 N–H and O–H groups in total. The molecule has 1 heterocycles. The van der Waals surface area contributed by atoms with E-state index < -0.39 is 0 Å². The molecule has 0 fully saturated rings. The minimum absolute atomic E-state index is 0.775. The first-order valence-corrected chi connectivity index (χ1v) is 5.34. The lowest BCUT2D eigenvalue weighted by Crippen LogP contribution is -1.95. The predicted octanol–water partition coefficient (Wildman–Crippen LogP) is 3.74. The van der Waals surface area contributed by atoms with Crippen LogP contribution in [0.4, 0.5) is 0 Å². The van der Waals surface area contributed by atoms with Gasteiger partial charge in [0.05, 0.1) is 11.9 Å². The molecule has 0 saturated heterocycles. The van der Waals surface area contributed by atoms with Crippen LogP contribution < -0.4 is 0 Å². The Morgan fingerprint density at radius 1 is 1.33 bits per heavy atom. The van der Waals surface area contributed by atoms with Crippen LogP contribution in [0.2, 0.25) is 0 Å². The van der Waals surface area contributed by atoms with Crippen LogP contribution in [0.1, 0.15) is 46.1 Å². The zero-order valence-corrected chi connectivity index (χ0v) is 10.8. The van der Waals surface area contributed by atoms with Gasteiger partial charge in [0.2, 0.25) is 0 Å². The van der Waals surface area contributed by atoms with Crippen molar-refractivity contribution >= 4 is 12.3 Å². The number of nitrogens with zero attached hydrogens (tertiary/aromatic N) is 3. The summed E-state index contributed by atoms with van der Waals surface area (Å²) in [7, 11) is 0. The molecule has 0 radical (unpaired) electrons.